The molecule has 5 aromatic rings. The number of rotatable bonds is 12. The van der Waals surface area contributed by atoms with Crippen molar-refractivity contribution in [2.75, 3.05) is 4.90 Å². The highest BCUT2D eigenvalue weighted by atomic mass is 15.1. The molecular weight excluding hydrogens is 555 g/mol. The molecule has 0 bridgehead atoms. The molecule has 0 atom stereocenters. The van der Waals surface area contributed by atoms with E-state index in [0.717, 1.165) is 30.6 Å². The number of unbranched alkanes of at least 4 members (excludes halogenated alkanes) is 2. The Morgan fingerprint density at radius 3 is 1.80 bits per heavy atom. The van der Waals surface area contributed by atoms with Gasteiger partial charge in [0.25, 0.3) is 0 Å². The molecule has 5 rings (SSSR count). The van der Waals surface area contributed by atoms with Crippen LogP contribution < -0.4 is 4.90 Å². The predicted octanol–water partition coefficient (Wildman–Crippen LogP) is 13.1. The van der Waals surface area contributed by atoms with E-state index in [1.807, 2.05) is 6.08 Å². The first-order valence-electron chi connectivity index (χ1n) is 16.6. The van der Waals surface area contributed by atoms with Crippen LogP contribution in [0.3, 0.4) is 0 Å². The molecule has 0 saturated carbocycles. The highest BCUT2D eigenvalue weighted by Crippen LogP contribution is 2.35. The van der Waals surface area contributed by atoms with Gasteiger partial charge in [0.2, 0.25) is 0 Å². The molecule has 46 heavy (non-hydrogen) atoms. The van der Waals surface area contributed by atoms with Gasteiger partial charge in [-0.05, 0) is 124 Å². The summed E-state index contributed by atoms with van der Waals surface area (Å²) in [6.07, 6.45) is 14.1. The van der Waals surface area contributed by atoms with E-state index in [-0.39, 0.29) is 0 Å². The van der Waals surface area contributed by atoms with E-state index in [2.05, 4.69) is 185 Å². The molecule has 0 aliphatic carbocycles. The van der Waals surface area contributed by atoms with Crippen molar-refractivity contribution in [2.24, 2.45) is 0 Å². The van der Waals surface area contributed by atoms with Crippen LogP contribution in [0.5, 0.6) is 0 Å². The van der Waals surface area contributed by atoms with Crippen LogP contribution in [0.25, 0.3) is 11.1 Å². The smallest absolute Gasteiger partial charge is 0.0462 e. The van der Waals surface area contributed by atoms with E-state index in [0.29, 0.717) is 0 Å². The van der Waals surface area contributed by atoms with Gasteiger partial charge in [0.1, 0.15) is 0 Å². The van der Waals surface area contributed by atoms with Gasteiger partial charge in [-0.15, -0.1) is 6.58 Å². The van der Waals surface area contributed by atoms with Crippen molar-refractivity contribution in [1.82, 2.24) is 0 Å². The summed E-state index contributed by atoms with van der Waals surface area (Å²) in [4.78, 5) is 2.32. The summed E-state index contributed by atoms with van der Waals surface area (Å²) < 4.78 is 0. The summed E-state index contributed by atoms with van der Waals surface area (Å²) in [7, 11) is 0. The third kappa shape index (κ3) is 10.3. The van der Waals surface area contributed by atoms with Crippen molar-refractivity contribution >= 4 is 17.1 Å². The molecule has 0 unspecified atom stereocenters. The van der Waals surface area contributed by atoms with Gasteiger partial charge in [-0.3, -0.25) is 0 Å². The lowest BCUT2D eigenvalue weighted by molar-refractivity contribution is 0.748. The molecule has 0 aliphatic heterocycles. The van der Waals surface area contributed by atoms with Crippen molar-refractivity contribution < 1.29 is 0 Å². The minimum atomic E-state index is 1.03. The largest absolute Gasteiger partial charge is 0.311 e. The SMILES string of the molecule is C/C=C\C(=C/C)Cc1cccc(C)c1.C=CCCCCc1ccc(N(c2ccccc2)c2ccc(-c3ccc(C)cc3)cc2)cc1. The monoisotopic (exact) mass is 603 g/mol. The maximum absolute atomic E-state index is 3.81. The average molecular weight is 604 g/mol. The second kappa shape index (κ2) is 18.2. The molecule has 0 N–H and O–H groups in total. The van der Waals surface area contributed by atoms with Crippen LogP contribution in [0, 0.1) is 13.8 Å². The maximum atomic E-state index is 3.81. The quantitative estimate of drug-likeness (QED) is 0.0779. The number of nitrogens with zero attached hydrogens (tertiary/aromatic N) is 1. The van der Waals surface area contributed by atoms with Crippen LogP contribution in [0.4, 0.5) is 17.1 Å². The standard InChI is InChI=1S/C31H31N.C14H18/c1-3-4-5-7-10-26-15-21-30(22-16-26)32(29-11-8-6-9-12-29)31-23-19-28(20-24-31)27-17-13-25(2)14-18-27;1-4-7-13(5-2)11-14-9-6-8-12(3)10-14/h3,6,8-9,11-24H,1,4-5,7,10H2,2H3;4-10H,11H2,1-3H3/b;7-4-,13-5+. The third-order valence-electron chi connectivity index (χ3n) is 8.09. The Morgan fingerprint density at radius 2 is 1.22 bits per heavy atom. The molecule has 0 saturated heterocycles. The van der Waals surface area contributed by atoms with E-state index in [9.17, 15) is 0 Å². The third-order valence-corrected chi connectivity index (χ3v) is 8.09. The lowest BCUT2D eigenvalue weighted by Gasteiger charge is -2.26. The van der Waals surface area contributed by atoms with Gasteiger partial charge in [-0.1, -0.05) is 126 Å². The van der Waals surface area contributed by atoms with Crippen LogP contribution in [-0.2, 0) is 12.8 Å². The number of anilines is 3. The fraction of sp³-hybridized carbons (Fsp3) is 0.200. The van der Waals surface area contributed by atoms with E-state index < -0.39 is 0 Å². The maximum Gasteiger partial charge on any atom is 0.0462 e. The van der Waals surface area contributed by atoms with Crippen LogP contribution in [0.2, 0.25) is 0 Å². The molecule has 0 spiro atoms. The molecule has 0 heterocycles. The van der Waals surface area contributed by atoms with Crippen LogP contribution in [0.15, 0.2) is 164 Å². The minimum Gasteiger partial charge on any atom is -0.311 e. The summed E-state index contributed by atoms with van der Waals surface area (Å²) in [6.45, 7) is 12.2. The Labute approximate surface area is 278 Å². The normalized spacial score (nSPS) is 11.2. The van der Waals surface area contributed by atoms with Crippen molar-refractivity contribution in [3.8, 4) is 11.1 Å². The molecule has 234 valence electrons. The van der Waals surface area contributed by atoms with Crippen molar-refractivity contribution in [3.05, 3.63) is 186 Å². The lowest BCUT2D eigenvalue weighted by atomic mass is 10.0. The molecule has 1 heteroatoms. The summed E-state index contributed by atoms with van der Waals surface area (Å²) in [5.41, 5.74) is 12.7. The van der Waals surface area contributed by atoms with E-state index in [4.69, 9.17) is 0 Å². The number of hydrogen-bond acceptors (Lipinski definition) is 1. The molecule has 0 radical (unpaired) electrons. The molecular formula is C45H49N. The number of para-hydroxylation sites is 1. The highest BCUT2D eigenvalue weighted by molar-refractivity contribution is 5.78. The summed E-state index contributed by atoms with van der Waals surface area (Å²) in [5, 5.41) is 0. The number of hydrogen-bond donors (Lipinski definition) is 0. The van der Waals surface area contributed by atoms with Crippen molar-refractivity contribution in [1.29, 1.82) is 0 Å². The fourth-order valence-corrected chi connectivity index (χ4v) is 5.53. The number of aryl methyl sites for hydroxylation is 3. The first-order valence-corrected chi connectivity index (χ1v) is 16.6. The van der Waals surface area contributed by atoms with Gasteiger partial charge in [0, 0.05) is 17.1 Å². The molecule has 5 aromatic carbocycles. The Balaban J connectivity index is 0.000000288. The van der Waals surface area contributed by atoms with Gasteiger partial charge in [-0.25, -0.2) is 0 Å². The first-order chi connectivity index (χ1) is 22.5. The van der Waals surface area contributed by atoms with E-state index >= 15 is 0 Å². The minimum absolute atomic E-state index is 1.03. The molecule has 1 nitrogen and oxygen atoms in total. The highest BCUT2D eigenvalue weighted by Gasteiger charge is 2.12. The first kappa shape index (κ1) is 34.0. The van der Waals surface area contributed by atoms with Gasteiger partial charge in [0.15, 0.2) is 0 Å². The Morgan fingerprint density at radius 1 is 0.609 bits per heavy atom. The van der Waals surface area contributed by atoms with Crippen molar-refractivity contribution in [2.45, 2.75) is 59.8 Å². The predicted molar refractivity (Wildman–Crippen MR) is 203 cm³/mol. The Bertz CT molecular complexity index is 1670. The van der Waals surface area contributed by atoms with Gasteiger partial charge >= 0.3 is 0 Å². The second-order valence-corrected chi connectivity index (χ2v) is 11.8. The lowest BCUT2D eigenvalue weighted by Crippen LogP contribution is -2.09. The molecule has 0 aliphatic rings. The zero-order chi connectivity index (χ0) is 32.6. The second-order valence-electron chi connectivity index (χ2n) is 11.8. The zero-order valence-electron chi connectivity index (χ0n) is 28.1. The van der Waals surface area contributed by atoms with Crippen LogP contribution in [0.1, 0.15) is 55.4 Å². The van der Waals surface area contributed by atoms with Gasteiger partial charge in [-0.2, -0.15) is 0 Å². The zero-order valence-corrected chi connectivity index (χ0v) is 28.1. The Hall–Kier alpha value is -4.88. The number of allylic oxidation sites excluding steroid dienone is 5. The summed E-state index contributed by atoms with van der Waals surface area (Å²) >= 11 is 0. The molecule has 0 amide bonds. The number of benzene rings is 5. The average Bonchev–Trinajstić information content (AvgIpc) is 3.09. The van der Waals surface area contributed by atoms with E-state index in [1.54, 1.807) is 0 Å². The van der Waals surface area contributed by atoms with Gasteiger partial charge in [0.05, 0.1) is 0 Å². The van der Waals surface area contributed by atoms with Crippen LogP contribution in [-0.4, -0.2) is 0 Å². The Kier molecular flexibility index (Phi) is 13.4. The fourth-order valence-electron chi connectivity index (χ4n) is 5.53. The topological polar surface area (TPSA) is 3.24 Å². The van der Waals surface area contributed by atoms with Gasteiger partial charge < -0.3 is 4.90 Å². The summed E-state index contributed by atoms with van der Waals surface area (Å²) in [5.74, 6) is 0. The summed E-state index contributed by atoms with van der Waals surface area (Å²) in [6, 6.07) is 45.8. The molecule has 0 fully saturated rings. The molecule has 0 aromatic heterocycles. The van der Waals surface area contributed by atoms with Crippen LogP contribution >= 0.6 is 0 Å². The van der Waals surface area contributed by atoms with E-state index in [1.165, 1.54) is 57.5 Å². The van der Waals surface area contributed by atoms with Crippen molar-refractivity contribution in [3.63, 3.8) is 0 Å².